The highest BCUT2D eigenvalue weighted by Crippen LogP contribution is 2.00. The lowest BCUT2D eigenvalue weighted by Crippen LogP contribution is -2.26. The zero-order valence-corrected chi connectivity index (χ0v) is 8.86. The van der Waals surface area contributed by atoms with Gasteiger partial charge in [0.2, 0.25) is 0 Å². The summed E-state index contributed by atoms with van der Waals surface area (Å²) in [5, 5.41) is 8.40. The molecular formula is C9H18N2S. The first kappa shape index (κ1) is 11.8. The third-order valence-electron chi connectivity index (χ3n) is 1.74. The molecule has 0 saturated heterocycles. The second-order valence-corrected chi connectivity index (χ2v) is 3.93. The first-order valence-corrected chi connectivity index (χ1v) is 5.67. The topological polar surface area (TPSA) is 27.0 Å². The van der Waals surface area contributed by atoms with Crippen LogP contribution in [0.3, 0.4) is 0 Å². The predicted molar refractivity (Wildman–Crippen MR) is 55.3 cm³/mol. The van der Waals surface area contributed by atoms with Gasteiger partial charge in [-0.05, 0) is 12.3 Å². The van der Waals surface area contributed by atoms with Crippen LogP contribution < -0.4 is 0 Å². The van der Waals surface area contributed by atoms with Gasteiger partial charge in [-0.15, -0.1) is 0 Å². The van der Waals surface area contributed by atoms with Crippen LogP contribution in [0.15, 0.2) is 0 Å². The molecule has 2 nitrogen and oxygen atoms in total. The van der Waals surface area contributed by atoms with Gasteiger partial charge < -0.3 is 4.90 Å². The van der Waals surface area contributed by atoms with Gasteiger partial charge in [-0.3, -0.25) is 0 Å². The summed E-state index contributed by atoms with van der Waals surface area (Å²) in [6.45, 7) is 7.43. The third kappa shape index (κ3) is 6.51. The summed E-state index contributed by atoms with van der Waals surface area (Å²) < 4.78 is 0. The van der Waals surface area contributed by atoms with Crippen molar-refractivity contribution in [3.05, 3.63) is 0 Å². The van der Waals surface area contributed by atoms with Crippen molar-refractivity contribution in [3.8, 4) is 6.07 Å². The molecule has 0 rings (SSSR count). The van der Waals surface area contributed by atoms with E-state index in [9.17, 15) is 0 Å². The molecular weight excluding hydrogens is 168 g/mol. The normalized spacial score (nSPS) is 10.2. The quantitative estimate of drug-likeness (QED) is 0.569. The van der Waals surface area contributed by atoms with Crippen LogP contribution in [0.1, 0.15) is 20.3 Å². The molecule has 0 aliphatic heterocycles. The molecule has 0 amide bonds. The van der Waals surface area contributed by atoms with Crippen LogP contribution in [-0.4, -0.2) is 36.0 Å². The Morgan fingerprint density at radius 1 is 1.33 bits per heavy atom. The molecule has 0 radical (unpaired) electrons. The minimum Gasteiger partial charge on any atom is -0.302 e. The summed E-state index contributed by atoms with van der Waals surface area (Å²) in [7, 11) is 0. The summed E-state index contributed by atoms with van der Waals surface area (Å²) >= 11 is 1.96. The van der Waals surface area contributed by atoms with Gasteiger partial charge in [-0.25, -0.2) is 0 Å². The fourth-order valence-corrected chi connectivity index (χ4v) is 1.65. The van der Waals surface area contributed by atoms with Crippen molar-refractivity contribution in [2.75, 3.05) is 31.1 Å². The lowest BCUT2D eigenvalue weighted by atomic mass is 10.4. The Morgan fingerprint density at radius 3 is 2.58 bits per heavy atom. The fourth-order valence-electron chi connectivity index (χ4n) is 0.974. The zero-order valence-electron chi connectivity index (χ0n) is 8.05. The van der Waals surface area contributed by atoms with E-state index in [1.165, 1.54) is 11.5 Å². The molecule has 0 heterocycles. The predicted octanol–water partition coefficient (Wildman–Crippen LogP) is 1.98. The van der Waals surface area contributed by atoms with Gasteiger partial charge in [0, 0.05) is 25.3 Å². The van der Waals surface area contributed by atoms with Crippen molar-refractivity contribution >= 4 is 11.8 Å². The highest BCUT2D eigenvalue weighted by atomic mass is 32.2. The van der Waals surface area contributed by atoms with E-state index in [0.29, 0.717) is 6.42 Å². The van der Waals surface area contributed by atoms with Crippen molar-refractivity contribution in [3.63, 3.8) is 0 Å². The molecule has 70 valence electrons. The average Bonchev–Trinajstić information content (AvgIpc) is 2.11. The van der Waals surface area contributed by atoms with Gasteiger partial charge in [0.15, 0.2) is 0 Å². The maximum Gasteiger partial charge on any atom is 0.0635 e. The third-order valence-corrected chi connectivity index (χ3v) is 2.62. The van der Waals surface area contributed by atoms with E-state index in [4.69, 9.17) is 5.26 Å². The van der Waals surface area contributed by atoms with Gasteiger partial charge >= 0.3 is 0 Å². The molecule has 0 spiro atoms. The van der Waals surface area contributed by atoms with E-state index in [-0.39, 0.29) is 0 Å². The molecule has 0 saturated carbocycles. The van der Waals surface area contributed by atoms with E-state index < -0.39 is 0 Å². The van der Waals surface area contributed by atoms with Crippen LogP contribution in [-0.2, 0) is 0 Å². The lowest BCUT2D eigenvalue weighted by molar-refractivity contribution is 0.314. The van der Waals surface area contributed by atoms with Crippen molar-refractivity contribution in [2.45, 2.75) is 20.3 Å². The molecule has 3 heteroatoms. The summed E-state index contributed by atoms with van der Waals surface area (Å²) in [5.74, 6) is 2.38. The minimum absolute atomic E-state index is 0.657. The van der Waals surface area contributed by atoms with Gasteiger partial charge in [-0.1, -0.05) is 13.8 Å². The Balaban J connectivity index is 3.34. The summed E-state index contributed by atoms with van der Waals surface area (Å²) in [6.07, 6.45) is 0.657. The first-order valence-electron chi connectivity index (χ1n) is 4.52. The molecule has 0 aromatic rings. The molecule has 0 atom stereocenters. The fraction of sp³-hybridized carbons (Fsp3) is 0.889. The summed E-state index contributed by atoms with van der Waals surface area (Å²) in [4.78, 5) is 2.33. The molecule has 0 aliphatic rings. The maximum absolute atomic E-state index is 8.40. The minimum atomic E-state index is 0.657. The summed E-state index contributed by atoms with van der Waals surface area (Å²) in [6, 6.07) is 2.17. The van der Waals surface area contributed by atoms with Gasteiger partial charge in [0.1, 0.15) is 0 Å². The van der Waals surface area contributed by atoms with Crippen LogP contribution >= 0.6 is 11.8 Å². The molecule has 0 unspecified atom stereocenters. The molecule has 0 aromatic heterocycles. The number of rotatable bonds is 7. The Morgan fingerprint density at radius 2 is 2.08 bits per heavy atom. The van der Waals surface area contributed by atoms with Crippen LogP contribution in [0.5, 0.6) is 0 Å². The average molecular weight is 186 g/mol. The number of hydrogen-bond donors (Lipinski definition) is 0. The highest BCUT2D eigenvalue weighted by molar-refractivity contribution is 7.99. The maximum atomic E-state index is 8.40. The molecule has 0 N–H and O–H groups in total. The smallest absolute Gasteiger partial charge is 0.0635 e. The Bertz CT molecular complexity index is 131. The van der Waals surface area contributed by atoms with Gasteiger partial charge in [-0.2, -0.15) is 17.0 Å². The molecule has 0 fully saturated rings. The number of nitrogens with zero attached hydrogens (tertiary/aromatic N) is 2. The number of hydrogen-bond acceptors (Lipinski definition) is 3. The zero-order chi connectivity index (χ0) is 9.23. The van der Waals surface area contributed by atoms with Crippen LogP contribution in [0.25, 0.3) is 0 Å². The molecule has 0 bridgehead atoms. The van der Waals surface area contributed by atoms with Crippen LogP contribution in [0, 0.1) is 11.3 Å². The Labute approximate surface area is 79.9 Å². The van der Waals surface area contributed by atoms with E-state index in [1.54, 1.807) is 0 Å². The van der Waals surface area contributed by atoms with E-state index in [1.807, 2.05) is 11.8 Å². The second-order valence-electron chi connectivity index (χ2n) is 2.54. The second kappa shape index (κ2) is 8.89. The van der Waals surface area contributed by atoms with Crippen molar-refractivity contribution in [1.82, 2.24) is 4.90 Å². The summed E-state index contributed by atoms with van der Waals surface area (Å²) in [5.41, 5.74) is 0. The standard InChI is InChI=1S/C9H18N2S/c1-3-11(7-5-6-10)8-9-12-4-2/h3-5,7-9H2,1-2H3. The molecule has 0 aromatic carbocycles. The van der Waals surface area contributed by atoms with Crippen molar-refractivity contribution < 1.29 is 0 Å². The SMILES string of the molecule is CCSCCN(CC)CCC#N. The Kier molecular flexibility index (Phi) is 8.74. The molecule has 12 heavy (non-hydrogen) atoms. The lowest BCUT2D eigenvalue weighted by Gasteiger charge is -2.17. The number of thioether (sulfide) groups is 1. The largest absolute Gasteiger partial charge is 0.302 e. The monoisotopic (exact) mass is 186 g/mol. The first-order chi connectivity index (χ1) is 5.85. The van der Waals surface area contributed by atoms with Crippen LogP contribution in [0.2, 0.25) is 0 Å². The highest BCUT2D eigenvalue weighted by Gasteiger charge is 1.99. The van der Waals surface area contributed by atoms with Crippen molar-refractivity contribution in [1.29, 1.82) is 5.26 Å². The van der Waals surface area contributed by atoms with Gasteiger partial charge in [0.05, 0.1) is 6.07 Å². The van der Waals surface area contributed by atoms with Crippen molar-refractivity contribution in [2.24, 2.45) is 0 Å². The van der Waals surface area contributed by atoms with E-state index in [2.05, 4.69) is 24.8 Å². The van der Waals surface area contributed by atoms with Crippen LogP contribution in [0.4, 0.5) is 0 Å². The molecule has 0 aliphatic carbocycles. The number of nitriles is 1. The van der Waals surface area contributed by atoms with E-state index in [0.717, 1.165) is 19.6 Å². The Hall–Kier alpha value is -0.200. The van der Waals surface area contributed by atoms with E-state index >= 15 is 0 Å². The van der Waals surface area contributed by atoms with Gasteiger partial charge in [0.25, 0.3) is 0 Å².